The van der Waals surface area contributed by atoms with Crippen LogP contribution in [0.3, 0.4) is 0 Å². The lowest BCUT2D eigenvalue weighted by Crippen LogP contribution is -2.39. The van der Waals surface area contributed by atoms with Gasteiger partial charge >= 0.3 is 5.97 Å². The fourth-order valence-electron chi connectivity index (χ4n) is 3.31. The van der Waals surface area contributed by atoms with Crippen molar-refractivity contribution in [3.05, 3.63) is 94.5 Å². The lowest BCUT2D eigenvalue weighted by Gasteiger charge is -2.26. The smallest absolute Gasteiger partial charge is 0.340 e. The molecule has 3 rings (SSSR count). The Kier molecular flexibility index (Phi) is 7.82. The van der Waals surface area contributed by atoms with E-state index in [1.807, 2.05) is 19.9 Å². The number of rotatable bonds is 9. The second-order valence-electron chi connectivity index (χ2n) is 7.67. The molecular formula is C24H23N3O7S. The van der Waals surface area contributed by atoms with Crippen LogP contribution < -0.4 is 9.62 Å². The highest BCUT2D eigenvalue weighted by Gasteiger charge is 2.24. The van der Waals surface area contributed by atoms with E-state index in [0.717, 1.165) is 12.1 Å². The zero-order valence-electron chi connectivity index (χ0n) is 19.0. The normalized spacial score (nSPS) is 11.1. The van der Waals surface area contributed by atoms with Crippen LogP contribution in [0.1, 0.15) is 24.2 Å². The largest absolute Gasteiger partial charge is 0.452 e. The number of carbonyl (C=O) groups is 2. The van der Waals surface area contributed by atoms with Gasteiger partial charge in [0, 0.05) is 23.9 Å². The third kappa shape index (κ3) is 6.21. The van der Waals surface area contributed by atoms with Crippen molar-refractivity contribution in [3.8, 4) is 0 Å². The third-order valence-electron chi connectivity index (χ3n) is 4.88. The maximum absolute atomic E-state index is 12.8. The molecule has 0 spiro atoms. The molecule has 3 aromatic rings. The number of nitro benzene ring substituents is 1. The van der Waals surface area contributed by atoms with Crippen molar-refractivity contribution in [1.82, 2.24) is 0 Å². The minimum atomic E-state index is -4.25. The van der Waals surface area contributed by atoms with Crippen molar-refractivity contribution in [3.63, 3.8) is 0 Å². The van der Waals surface area contributed by atoms with Gasteiger partial charge in [-0.2, -0.15) is 0 Å². The van der Waals surface area contributed by atoms with E-state index in [1.54, 1.807) is 24.3 Å². The lowest BCUT2D eigenvalue weighted by atomic mass is 10.2. The number of nitrogens with zero attached hydrogens (tertiary/aromatic N) is 2. The van der Waals surface area contributed by atoms with Crippen molar-refractivity contribution in [2.24, 2.45) is 0 Å². The first kappa shape index (κ1) is 25.4. The number of amides is 1. The van der Waals surface area contributed by atoms with Gasteiger partial charge < -0.3 is 9.64 Å². The van der Waals surface area contributed by atoms with Gasteiger partial charge in [0.15, 0.2) is 6.61 Å². The van der Waals surface area contributed by atoms with Crippen LogP contribution in [0.2, 0.25) is 0 Å². The van der Waals surface area contributed by atoms with Gasteiger partial charge in [0.1, 0.15) is 0 Å². The number of esters is 1. The summed E-state index contributed by atoms with van der Waals surface area (Å²) >= 11 is 0. The van der Waals surface area contributed by atoms with E-state index < -0.39 is 39.1 Å². The number of anilines is 2. The second-order valence-corrected chi connectivity index (χ2v) is 9.36. The molecule has 1 amide bonds. The van der Waals surface area contributed by atoms with Crippen molar-refractivity contribution in [1.29, 1.82) is 0 Å². The maximum Gasteiger partial charge on any atom is 0.340 e. The molecule has 0 heterocycles. The molecule has 182 valence electrons. The highest BCUT2D eigenvalue weighted by atomic mass is 32.2. The van der Waals surface area contributed by atoms with Crippen LogP contribution in [0.25, 0.3) is 0 Å². The van der Waals surface area contributed by atoms with Gasteiger partial charge in [-0.3, -0.25) is 19.6 Å². The zero-order chi connectivity index (χ0) is 25.6. The first-order chi connectivity index (χ1) is 16.6. The summed E-state index contributed by atoms with van der Waals surface area (Å²) in [5.74, 6) is -1.36. The number of hydrogen-bond donors (Lipinski definition) is 1. The Labute approximate surface area is 202 Å². The molecule has 0 aromatic heterocycles. The number of ether oxygens (including phenoxy) is 1. The fraction of sp³-hybridized carbons (Fsp3) is 0.167. The standard InChI is InChI=1S/C24H23N3O7S/c1-17(2)26(18-9-4-3-5-10-18)23(28)16-34-24(29)21-13-6-7-14-22(21)25-35(32,33)20-12-8-11-19(15-20)27(30)31/h3-15,17,25H,16H2,1-2H3. The minimum Gasteiger partial charge on any atom is -0.452 e. The predicted molar refractivity (Wildman–Crippen MR) is 130 cm³/mol. The monoisotopic (exact) mass is 497 g/mol. The highest BCUT2D eigenvalue weighted by Crippen LogP contribution is 2.24. The van der Waals surface area contributed by atoms with Gasteiger partial charge in [0.25, 0.3) is 21.6 Å². The van der Waals surface area contributed by atoms with Gasteiger partial charge in [-0.25, -0.2) is 13.2 Å². The van der Waals surface area contributed by atoms with Crippen LogP contribution in [0.5, 0.6) is 0 Å². The molecule has 11 heteroatoms. The van der Waals surface area contributed by atoms with Crippen LogP contribution in [0.15, 0.2) is 83.8 Å². The molecule has 0 atom stereocenters. The van der Waals surface area contributed by atoms with Crippen LogP contribution in [-0.4, -0.2) is 37.9 Å². The Morgan fingerprint density at radius 2 is 1.66 bits per heavy atom. The Morgan fingerprint density at radius 1 is 1.00 bits per heavy atom. The number of benzene rings is 3. The van der Waals surface area contributed by atoms with E-state index in [4.69, 9.17) is 4.74 Å². The lowest BCUT2D eigenvalue weighted by molar-refractivity contribution is -0.385. The highest BCUT2D eigenvalue weighted by molar-refractivity contribution is 7.92. The average Bonchev–Trinajstić information content (AvgIpc) is 2.83. The summed E-state index contributed by atoms with van der Waals surface area (Å²) in [4.78, 5) is 37.0. The number of para-hydroxylation sites is 2. The van der Waals surface area contributed by atoms with E-state index in [-0.39, 0.29) is 22.2 Å². The van der Waals surface area contributed by atoms with Crippen molar-refractivity contribution in [2.45, 2.75) is 24.8 Å². The maximum atomic E-state index is 12.8. The van der Waals surface area contributed by atoms with E-state index in [0.29, 0.717) is 5.69 Å². The summed E-state index contributed by atoms with van der Waals surface area (Å²) < 4.78 is 33.0. The summed E-state index contributed by atoms with van der Waals surface area (Å²) in [6, 6.07) is 18.9. The number of sulfonamides is 1. The fourth-order valence-corrected chi connectivity index (χ4v) is 4.43. The van der Waals surface area contributed by atoms with Crippen molar-refractivity contribution >= 4 is 39.0 Å². The summed E-state index contributed by atoms with van der Waals surface area (Å²) in [6.07, 6.45) is 0. The molecule has 0 fully saturated rings. The van der Waals surface area contributed by atoms with E-state index >= 15 is 0 Å². The molecule has 1 N–H and O–H groups in total. The van der Waals surface area contributed by atoms with E-state index in [2.05, 4.69) is 4.72 Å². The first-order valence-corrected chi connectivity index (χ1v) is 12.0. The Hall–Kier alpha value is -4.25. The SMILES string of the molecule is CC(C)N(C(=O)COC(=O)c1ccccc1NS(=O)(=O)c1cccc([N+](=O)[O-])c1)c1ccccc1. The molecule has 10 nitrogen and oxygen atoms in total. The third-order valence-corrected chi connectivity index (χ3v) is 6.24. The zero-order valence-corrected chi connectivity index (χ0v) is 19.8. The molecule has 0 aliphatic rings. The molecule has 35 heavy (non-hydrogen) atoms. The van der Waals surface area contributed by atoms with Crippen molar-refractivity contribution in [2.75, 3.05) is 16.2 Å². The molecule has 0 bridgehead atoms. The molecule has 0 radical (unpaired) electrons. The average molecular weight is 498 g/mol. The summed E-state index contributed by atoms with van der Waals surface area (Å²) in [5.41, 5.74) is 0.0335. The topological polar surface area (TPSA) is 136 Å². The van der Waals surface area contributed by atoms with Gasteiger partial charge in [0.2, 0.25) is 0 Å². The van der Waals surface area contributed by atoms with Crippen LogP contribution in [0.4, 0.5) is 17.1 Å². The van der Waals surface area contributed by atoms with E-state index in [1.165, 1.54) is 41.3 Å². The Morgan fingerprint density at radius 3 is 2.31 bits per heavy atom. The van der Waals surface area contributed by atoms with Crippen LogP contribution in [0, 0.1) is 10.1 Å². The molecule has 0 saturated carbocycles. The molecule has 0 aliphatic carbocycles. The Bertz CT molecular complexity index is 1340. The number of hydrogen-bond acceptors (Lipinski definition) is 7. The Balaban J connectivity index is 1.77. The second kappa shape index (κ2) is 10.8. The van der Waals surface area contributed by atoms with Gasteiger partial charge in [-0.15, -0.1) is 0 Å². The molecule has 0 aliphatic heterocycles. The minimum absolute atomic E-state index is 0.0970. The molecule has 0 unspecified atom stereocenters. The quantitative estimate of drug-likeness (QED) is 0.268. The molecular weight excluding hydrogens is 474 g/mol. The molecule has 0 saturated heterocycles. The predicted octanol–water partition coefficient (Wildman–Crippen LogP) is 3.99. The van der Waals surface area contributed by atoms with E-state index in [9.17, 15) is 28.1 Å². The van der Waals surface area contributed by atoms with Gasteiger partial charge in [-0.05, 0) is 44.2 Å². The number of nitro groups is 1. The van der Waals surface area contributed by atoms with Crippen molar-refractivity contribution < 1.29 is 27.7 Å². The number of carbonyl (C=O) groups excluding carboxylic acids is 2. The summed E-state index contributed by atoms with van der Waals surface area (Å²) in [6.45, 7) is 3.09. The number of nitrogens with one attached hydrogen (secondary N) is 1. The van der Waals surface area contributed by atoms with Crippen LogP contribution in [-0.2, 0) is 19.6 Å². The summed E-state index contributed by atoms with van der Waals surface area (Å²) in [5, 5.41) is 11.0. The molecule has 3 aromatic carbocycles. The first-order valence-electron chi connectivity index (χ1n) is 10.5. The van der Waals surface area contributed by atoms with Gasteiger partial charge in [-0.1, -0.05) is 36.4 Å². The number of non-ortho nitro benzene ring substituents is 1. The van der Waals surface area contributed by atoms with Crippen LogP contribution >= 0.6 is 0 Å². The summed E-state index contributed by atoms with van der Waals surface area (Å²) in [7, 11) is -4.25. The van der Waals surface area contributed by atoms with Gasteiger partial charge in [0.05, 0.1) is 21.1 Å².